The Morgan fingerprint density at radius 2 is 1.78 bits per heavy atom. The van der Waals surface area contributed by atoms with E-state index >= 15 is 0 Å². The van der Waals surface area contributed by atoms with Crippen molar-refractivity contribution in [3.63, 3.8) is 0 Å². The van der Waals surface area contributed by atoms with Gasteiger partial charge in [0.2, 0.25) is 5.91 Å². The molecule has 1 N–H and O–H groups in total. The van der Waals surface area contributed by atoms with Crippen LogP contribution in [0.3, 0.4) is 0 Å². The minimum atomic E-state index is -4.47. The van der Waals surface area contributed by atoms with Gasteiger partial charge >= 0.3 is 6.18 Å². The molecule has 0 aliphatic carbocycles. The zero-order valence-electron chi connectivity index (χ0n) is 15.7. The summed E-state index contributed by atoms with van der Waals surface area (Å²) in [5.41, 5.74) is 1.17. The number of rotatable bonds is 5. The Morgan fingerprint density at radius 3 is 2.37 bits per heavy atom. The molecule has 0 bridgehead atoms. The molecule has 0 aromatic heterocycles. The first-order valence-electron chi connectivity index (χ1n) is 8.75. The third-order valence-electron chi connectivity index (χ3n) is 4.74. The summed E-state index contributed by atoms with van der Waals surface area (Å²) in [7, 11) is 0. The summed E-state index contributed by atoms with van der Waals surface area (Å²) in [6, 6.07) is 7.54. The number of amides is 1. The second-order valence-electron chi connectivity index (χ2n) is 7.14. The van der Waals surface area contributed by atoms with Crippen LogP contribution in [0.5, 0.6) is 0 Å². The molecule has 27 heavy (non-hydrogen) atoms. The van der Waals surface area contributed by atoms with Gasteiger partial charge in [0, 0.05) is 0 Å². The van der Waals surface area contributed by atoms with E-state index in [1.807, 2.05) is 13.8 Å². The summed E-state index contributed by atoms with van der Waals surface area (Å²) in [6.45, 7) is 7.95. The molecular weight excluding hydrogens is 358 g/mol. The average Bonchev–Trinajstić information content (AvgIpc) is 2.56. The summed E-state index contributed by atoms with van der Waals surface area (Å²) in [6.07, 6.45) is -4.75. The number of halogens is 4. The molecule has 0 saturated carbocycles. The number of benzene rings is 2. The smallest absolute Gasteiger partial charge is 0.323 e. The van der Waals surface area contributed by atoms with Crippen LogP contribution >= 0.6 is 0 Å². The number of carbonyl (C=O) groups is 1. The molecule has 2 aromatic carbocycles. The van der Waals surface area contributed by atoms with Gasteiger partial charge in [0.15, 0.2) is 0 Å². The Bertz CT molecular complexity index is 827. The first kappa shape index (κ1) is 20.9. The van der Waals surface area contributed by atoms with E-state index in [-0.39, 0.29) is 23.6 Å². The molecule has 1 amide bonds. The van der Waals surface area contributed by atoms with Crippen LogP contribution in [0.2, 0.25) is 0 Å². The number of carbonyl (C=O) groups excluding carboxylic acids is 1. The van der Waals surface area contributed by atoms with Crippen molar-refractivity contribution in [1.29, 1.82) is 0 Å². The highest BCUT2D eigenvalue weighted by Gasteiger charge is 2.30. The molecule has 0 fully saturated rings. The van der Waals surface area contributed by atoms with E-state index in [9.17, 15) is 22.4 Å². The zero-order chi connectivity index (χ0) is 20.4. The monoisotopic (exact) mass is 381 g/mol. The summed E-state index contributed by atoms with van der Waals surface area (Å²) >= 11 is 0. The van der Waals surface area contributed by atoms with Gasteiger partial charge in [-0.2, -0.15) is 13.2 Å². The molecule has 2 nitrogen and oxygen atoms in total. The molecule has 0 aliphatic rings. The number of hydrogen-bond acceptors (Lipinski definition) is 1. The fourth-order valence-electron chi connectivity index (χ4n) is 2.87. The fraction of sp³-hybridized carbons (Fsp3) is 0.381. The second kappa shape index (κ2) is 8.11. The number of nitrogens with one attached hydrogen (secondary N) is 1. The van der Waals surface area contributed by atoms with Gasteiger partial charge in [-0.1, -0.05) is 39.0 Å². The van der Waals surface area contributed by atoms with E-state index in [0.717, 1.165) is 23.3 Å². The molecule has 2 rings (SSSR count). The van der Waals surface area contributed by atoms with E-state index in [1.165, 1.54) is 18.2 Å². The van der Waals surface area contributed by atoms with Crippen molar-refractivity contribution in [2.24, 2.45) is 5.92 Å². The highest BCUT2D eigenvalue weighted by Crippen LogP contribution is 2.31. The van der Waals surface area contributed by atoms with Crippen molar-refractivity contribution in [2.45, 2.75) is 46.2 Å². The maximum absolute atomic E-state index is 14.3. The third-order valence-corrected chi connectivity index (χ3v) is 4.74. The van der Waals surface area contributed by atoms with E-state index < -0.39 is 23.5 Å². The van der Waals surface area contributed by atoms with E-state index in [2.05, 4.69) is 19.2 Å². The van der Waals surface area contributed by atoms with Gasteiger partial charge in [-0.05, 0) is 53.6 Å². The first-order chi connectivity index (χ1) is 12.5. The van der Waals surface area contributed by atoms with Crippen LogP contribution in [0.4, 0.5) is 23.2 Å². The van der Waals surface area contributed by atoms with Crippen LogP contribution in [0.15, 0.2) is 36.4 Å². The Labute approximate surface area is 156 Å². The van der Waals surface area contributed by atoms with Crippen LogP contribution in [0.25, 0.3) is 0 Å². The number of hydrogen-bond donors (Lipinski definition) is 1. The molecular formula is C21H23F4NO. The van der Waals surface area contributed by atoms with Crippen LogP contribution in [-0.4, -0.2) is 5.91 Å². The molecule has 6 heteroatoms. The molecule has 146 valence electrons. The van der Waals surface area contributed by atoms with Crippen LogP contribution in [-0.2, 0) is 17.4 Å². The fourth-order valence-corrected chi connectivity index (χ4v) is 2.87. The minimum Gasteiger partial charge on any atom is -0.323 e. The molecule has 0 spiro atoms. The van der Waals surface area contributed by atoms with Gasteiger partial charge in [0.25, 0.3) is 0 Å². The van der Waals surface area contributed by atoms with Crippen LogP contribution in [0, 0.1) is 18.7 Å². The maximum Gasteiger partial charge on any atom is 0.416 e. The van der Waals surface area contributed by atoms with E-state index in [1.54, 1.807) is 6.07 Å². The summed E-state index contributed by atoms with van der Waals surface area (Å²) in [4.78, 5) is 12.2. The normalized spacial score (nSPS) is 12.9. The van der Waals surface area contributed by atoms with Gasteiger partial charge in [0.05, 0.1) is 17.7 Å². The maximum atomic E-state index is 14.3. The van der Waals surface area contributed by atoms with Crippen LogP contribution < -0.4 is 5.32 Å². The molecule has 0 aliphatic heterocycles. The predicted molar refractivity (Wildman–Crippen MR) is 98.2 cm³/mol. The van der Waals surface area contributed by atoms with Crippen LogP contribution in [0.1, 0.15) is 48.9 Å². The third kappa shape index (κ3) is 5.31. The lowest BCUT2D eigenvalue weighted by Crippen LogP contribution is -2.17. The molecule has 0 saturated heterocycles. The molecule has 0 heterocycles. The van der Waals surface area contributed by atoms with Gasteiger partial charge in [-0.3, -0.25) is 4.79 Å². The van der Waals surface area contributed by atoms with Crippen molar-refractivity contribution >= 4 is 11.6 Å². The predicted octanol–water partition coefficient (Wildman–Crippen LogP) is 6.09. The molecule has 0 radical (unpaired) electrons. The quantitative estimate of drug-likeness (QED) is 0.624. The van der Waals surface area contributed by atoms with Gasteiger partial charge in [-0.15, -0.1) is 0 Å². The Hall–Kier alpha value is -2.37. The number of aryl methyl sites for hydroxylation is 1. The largest absolute Gasteiger partial charge is 0.416 e. The van der Waals surface area contributed by atoms with Crippen molar-refractivity contribution in [3.05, 3.63) is 64.5 Å². The Balaban J connectivity index is 2.20. The van der Waals surface area contributed by atoms with Gasteiger partial charge in [0.1, 0.15) is 5.82 Å². The topological polar surface area (TPSA) is 29.1 Å². The number of alkyl halides is 3. The summed E-state index contributed by atoms with van der Waals surface area (Å²) < 4.78 is 52.6. The Kier molecular flexibility index (Phi) is 6.29. The molecule has 2 aromatic rings. The summed E-state index contributed by atoms with van der Waals surface area (Å²) in [5, 5.41) is 2.48. The van der Waals surface area contributed by atoms with E-state index in [4.69, 9.17) is 0 Å². The van der Waals surface area contributed by atoms with E-state index in [0.29, 0.717) is 5.92 Å². The molecule has 1 atom stereocenters. The lowest BCUT2D eigenvalue weighted by molar-refractivity contribution is -0.137. The average molecular weight is 381 g/mol. The number of anilines is 1. The highest BCUT2D eigenvalue weighted by atomic mass is 19.4. The van der Waals surface area contributed by atoms with Crippen molar-refractivity contribution in [2.75, 3.05) is 5.32 Å². The van der Waals surface area contributed by atoms with Crippen molar-refractivity contribution < 1.29 is 22.4 Å². The zero-order valence-corrected chi connectivity index (χ0v) is 15.7. The van der Waals surface area contributed by atoms with Gasteiger partial charge < -0.3 is 5.32 Å². The first-order valence-corrected chi connectivity index (χ1v) is 8.75. The van der Waals surface area contributed by atoms with Crippen molar-refractivity contribution in [1.82, 2.24) is 0 Å². The second-order valence-corrected chi connectivity index (χ2v) is 7.14. The Morgan fingerprint density at radius 1 is 1.11 bits per heavy atom. The molecule has 1 unspecified atom stereocenters. The minimum absolute atomic E-state index is 0.0417. The lowest BCUT2D eigenvalue weighted by atomic mass is 9.87. The lowest BCUT2D eigenvalue weighted by Gasteiger charge is -2.20. The van der Waals surface area contributed by atoms with Gasteiger partial charge in [-0.25, -0.2) is 4.39 Å². The van der Waals surface area contributed by atoms with Crippen molar-refractivity contribution in [3.8, 4) is 0 Å². The standard InChI is InChI=1S/C21H23F4NO/c1-12(2)14(4)17-11-19(18(22)8-13(17)3)26-20(27)10-15-6-5-7-16(9-15)21(23,24)25/h5-9,11-12,14H,10H2,1-4H3,(H,26,27). The summed E-state index contributed by atoms with van der Waals surface area (Å²) in [5.74, 6) is -0.627. The SMILES string of the molecule is Cc1cc(F)c(NC(=O)Cc2cccc(C(F)(F)F)c2)cc1C(C)C(C)C. The highest BCUT2D eigenvalue weighted by molar-refractivity contribution is 5.92.